The highest BCUT2D eigenvalue weighted by Crippen LogP contribution is 2.48. The summed E-state index contributed by atoms with van der Waals surface area (Å²) in [5, 5.41) is 0. The Morgan fingerprint density at radius 1 is 1.08 bits per heavy atom. The number of esters is 1. The molecule has 0 radical (unpaired) electrons. The van der Waals surface area contributed by atoms with E-state index in [2.05, 4.69) is 0 Å². The Morgan fingerprint density at radius 3 is 2.29 bits per heavy atom. The first kappa shape index (κ1) is 16.7. The Hall–Kier alpha value is -2.18. The van der Waals surface area contributed by atoms with E-state index in [-0.39, 0.29) is 11.5 Å². The fourth-order valence-electron chi connectivity index (χ4n) is 2.78. The van der Waals surface area contributed by atoms with Gasteiger partial charge in [0, 0.05) is 0 Å². The Morgan fingerprint density at radius 2 is 1.71 bits per heavy atom. The van der Waals surface area contributed by atoms with E-state index in [0.29, 0.717) is 0 Å². The van der Waals surface area contributed by atoms with Crippen LogP contribution in [-0.2, 0) is 19.6 Å². The summed E-state index contributed by atoms with van der Waals surface area (Å²) >= 11 is 0. The quantitative estimate of drug-likeness (QED) is 0.617. The van der Waals surface area contributed by atoms with Gasteiger partial charge in [-0.15, -0.1) is 0 Å². The maximum atomic E-state index is 12.9. The molecule has 1 heterocycles. The van der Waals surface area contributed by atoms with Gasteiger partial charge in [0.15, 0.2) is 0 Å². The molecule has 0 aromatic heterocycles. The van der Waals surface area contributed by atoms with Crippen LogP contribution in [0.15, 0.2) is 59.5 Å². The van der Waals surface area contributed by atoms with Crippen LogP contribution in [0, 0.1) is 6.92 Å². The van der Waals surface area contributed by atoms with Gasteiger partial charge in [0.25, 0.3) is 0 Å². The fraction of sp³-hybridized carbons (Fsp3) is 0.278. The Labute approximate surface area is 141 Å². The minimum absolute atomic E-state index is 0.181. The molecule has 0 bridgehead atoms. The first-order valence-corrected chi connectivity index (χ1v) is 9.22. The van der Waals surface area contributed by atoms with E-state index in [1.165, 1.54) is 4.31 Å². The lowest BCUT2D eigenvalue weighted by Crippen LogP contribution is -2.21. The third kappa shape index (κ3) is 2.95. The normalized spacial score (nSPS) is 22.8. The molecule has 1 aliphatic heterocycles. The van der Waals surface area contributed by atoms with E-state index in [1.807, 2.05) is 37.3 Å². The van der Waals surface area contributed by atoms with E-state index in [4.69, 9.17) is 4.74 Å². The Bertz CT molecular complexity index is 831. The number of rotatable bonds is 5. The van der Waals surface area contributed by atoms with Crippen molar-refractivity contribution < 1.29 is 17.9 Å². The SMILES string of the molecule is CCOC(=O)[C@@H]1[C@@H](c2ccccc2)N1S(=O)(=O)c1ccc(C)cc1. The number of ether oxygens (including phenoxy) is 1. The zero-order valence-corrected chi connectivity index (χ0v) is 14.4. The first-order chi connectivity index (χ1) is 11.5. The lowest BCUT2D eigenvalue weighted by atomic mass is 10.1. The molecule has 1 unspecified atom stereocenters. The molecule has 3 atom stereocenters. The fourth-order valence-corrected chi connectivity index (χ4v) is 4.49. The largest absolute Gasteiger partial charge is 0.465 e. The number of aryl methyl sites for hydroxylation is 1. The number of sulfonamides is 1. The molecule has 6 heteroatoms. The van der Waals surface area contributed by atoms with Gasteiger partial charge >= 0.3 is 5.97 Å². The number of hydrogen-bond acceptors (Lipinski definition) is 4. The number of carbonyl (C=O) groups is 1. The van der Waals surface area contributed by atoms with Crippen LogP contribution < -0.4 is 0 Å². The first-order valence-electron chi connectivity index (χ1n) is 7.78. The van der Waals surface area contributed by atoms with Gasteiger partial charge in [0.2, 0.25) is 10.0 Å². The average Bonchev–Trinajstić information content (AvgIpc) is 3.33. The van der Waals surface area contributed by atoms with Crippen LogP contribution in [0.4, 0.5) is 0 Å². The summed E-state index contributed by atoms with van der Waals surface area (Å²) in [6, 6.07) is 14.4. The topological polar surface area (TPSA) is 63.5 Å². The van der Waals surface area contributed by atoms with Crippen LogP contribution in [0.1, 0.15) is 24.1 Å². The van der Waals surface area contributed by atoms with Gasteiger partial charge in [-0.3, -0.25) is 4.79 Å². The summed E-state index contributed by atoms with van der Waals surface area (Å²) in [5.41, 5.74) is 1.76. The van der Waals surface area contributed by atoms with E-state index in [0.717, 1.165) is 11.1 Å². The summed E-state index contributed by atoms with van der Waals surface area (Å²) in [6.45, 7) is 3.81. The smallest absolute Gasteiger partial charge is 0.326 e. The molecule has 1 fully saturated rings. The second-order valence-electron chi connectivity index (χ2n) is 5.70. The van der Waals surface area contributed by atoms with Crippen molar-refractivity contribution in [2.45, 2.75) is 30.8 Å². The van der Waals surface area contributed by atoms with Crippen molar-refractivity contribution >= 4 is 16.0 Å². The molecule has 3 rings (SSSR count). The van der Waals surface area contributed by atoms with E-state index < -0.39 is 28.1 Å². The Kier molecular flexibility index (Phi) is 4.43. The maximum absolute atomic E-state index is 12.9. The van der Waals surface area contributed by atoms with E-state index in [9.17, 15) is 13.2 Å². The molecule has 126 valence electrons. The highest BCUT2D eigenvalue weighted by molar-refractivity contribution is 7.89. The van der Waals surface area contributed by atoms with Crippen molar-refractivity contribution in [2.75, 3.05) is 6.61 Å². The molecule has 5 nitrogen and oxygen atoms in total. The predicted molar refractivity (Wildman–Crippen MR) is 89.8 cm³/mol. The average molecular weight is 345 g/mol. The second kappa shape index (κ2) is 6.37. The molecule has 1 aliphatic rings. The van der Waals surface area contributed by atoms with E-state index in [1.54, 1.807) is 31.2 Å². The number of nitrogens with zero attached hydrogens (tertiary/aromatic N) is 1. The summed E-state index contributed by atoms with van der Waals surface area (Å²) in [5.74, 6) is -0.512. The molecule has 2 aromatic carbocycles. The van der Waals surface area contributed by atoms with Crippen LogP contribution in [0.25, 0.3) is 0 Å². The summed E-state index contributed by atoms with van der Waals surface area (Å²) in [7, 11) is -3.76. The highest BCUT2D eigenvalue weighted by Gasteiger charge is 2.61. The van der Waals surface area contributed by atoms with Crippen LogP contribution in [0.3, 0.4) is 0 Å². The van der Waals surface area contributed by atoms with Gasteiger partial charge in [-0.25, -0.2) is 8.42 Å². The van der Waals surface area contributed by atoms with Gasteiger partial charge in [0.05, 0.1) is 17.5 Å². The molecule has 0 aliphatic carbocycles. The van der Waals surface area contributed by atoms with Crippen molar-refractivity contribution in [1.82, 2.24) is 4.31 Å². The van der Waals surface area contributed by atoms with Crippen LogP contribution in [-0.4, -0.2) is 31.3 Å². The van der Waals surface area contributed by atoms with Crippen molar-refractivity contribution in [1.29, 1.82) is 0 Å². The van der Waals surface area contributed by atoms with Crippen LogP contribution in [0.5, 0.6) is 0 Å². The summed E-state index contributed by atoms with van der Waals surface area (Å²) < 4.78 is 32.1. The van der Waals surface area contributed by atoms with Gasteiger partial charge in [-0.05, 0) is 31.5 Å². The zero-order chi connectivity index (χ0) is 17.3. The standard InChI is InChI=1S/C18H19NO4S/c1-3-23-18(20)17-16(14-7-5-4-6-8-14)19(17)24(21,22)15-11-9-13(2)10-12-15/h4-12,16-17H,3H2,1-2H3/t16-,17+,19?/m1/s1. The molecular weight excluding hydrogens is 326 g/mol. The summed E-state index contributed by atoms with van der Waals surface area (Å²) in [6.07, 6.45) is 0. The maximum Gasteiger partial charge on any atom is 0.326 e. The molecule has 2 aromatic rings. The molecule has 1 saturated heterocycles. The van der Waals surface area contributed by atoms with E-state index >= 15 is 0 Å². The molecule has 0 N–H and O–H groups in total. The van der Waals surface area contributed by atoms with Crippen molar-refractivity contribution in [2.24, 2.45) is 0 Å². The predicted octanol–water partition coefficient (Wildman–Crippen LogP) is 2.67. The van der Waals surface area contributed by atoms with Gasteiger partial charge in [0.1, 0.15) is 6.04 Å². The number of hydrogen-bond donors (Lipinski definition) is 0. The minimum Gasteiger partial charge on any atom is -0.465 e. The van der Waals surface area contributed by atoms with Crippen molar-refractivity contribution in [3.63, 3.8) is 0 Å². The Balaban J connectivity index is 1.97. The van der Waals surface area contributed by atoms with Gasteiger partial charge in [-0.1, -0.05) is 48.0 Å². The third-order valence-corrected chi connectivity index (χ3v) is 5.90. The van der Waals surface area contributed by atoms with Crippen LogP contribution in [0.2, 0.25) is 0 Å². The molecule has 0 spiro atoms. The second-order valence-corrected chi connectivity index (χ2v) is 7.54. The number of benzene rings is 2. The molecule has 0 saturated carbocycles. The van der Waals surface area contributed by atoms with Gasteiger partial charge < -0.3 is 4.74 Å². The lowest BCUT2D eigenvalue weighted by molar-refractivity contribution is -0.143. The highest BCUT2D eigenvalue weighted by atomic mass is 32.2. The number of carbonyl (C=O) groups excluding carboxylic acids is 1. The zero-order valence-electron chi connectivity index (χ0n) is 13.5. The van der Waals surface area contributed by atoms with Crippen molar-refractivity contribution in [3.05, 3.63) is 65.7 Å². The minimum atomic E-state index is -3.76. The van der Waals surface area contributed by atoms with Gasteiger partial charge in [-0.2, -0.15) is 4.31 Å². The molecule has 0 amide bonds. The van der Waals surface area contributed by atoms with Crippen LogP contribution >= 0.6 is 0 Å². The summed E-state index contributed by atoms with van der Waals surface area (Å²) in [4.78, 5) is 12.4. The lowest BCUT2D eigenvalue weighted by Gasteiger charge is -2.07. The van der Waals surface area contributed by atoms with Crippen molar-refractivity contribution in [3.8, 4) is 0 Å². The molecule has 24 heavy (non-hydrogen) atoms. The molecular formula is C18H19NO4S. The monoisotopic (exact) mass is 345 g/mol. The third-order valence-electron chi connectivity index (χ3n) is 4.02.